The summed E-state index contributed by atoms with van der Waals surface area (Å²) in [6, 6.07) is 8.22. The molecule has 0 saturated carbocycles. The minimum atomic E-state index is -4.51. The van der Waals surface area contributed by atoms with Crippen molar-refractivity contribution in [3.8, 4) is 11.3 Å². The third-order valence-corrected chi connectivity index (χ3v) is 6.02. The predicted octanol–water partition coefficient (Wildman–Crippen LogP) is 4.24. The van der Waals surface area contributed by atoms with Gasteiger partial charge >= 0.3 is 6.18 Å². The maximum atomic E-state index is 13.0. The van der Waals surface area contributed by atoms with Gasteiger partial charge in [-0.15, -0.1) is 0 Å². The number of rotatable bonds is 6. The summed E-state index contributed by atoms with van der Waals surface area (Å²) >= 11 is 0. The quantitative estimate of drug-likeness (QED) is 0.417. The lowest BCUT2D eigenvalue weighted by Crippen LogP contribution is -2.46. The lowest BCUT2D eigenvalue weighted by molar-refractivity contribution is -0.141. The van der Waals surface area contributed by atoms with Crippen molar-refractivity contribution in [2.75, 3.05) is 37.6 Å². The lowest BCUT2D eigenvalue weighted by Gasteiger charge is -2.35. The first-order chi connectivity index (χ1) is 16.7. The molecule has 1 saturated heterocycles. The molecule has 0 atom stereocenters. The average molecular weight is 484 g/mol. The second-order valence-electron chi connectivity index (χ2n) is 8.51. The van der Waals surface area contributed by atoms with Gasteiger partial charge < -0.3 is 15.5 Å². The van der Waals surface area contributed by atoms with Crippen molar-refractivity contribution in [1.29, 1.82) is 0 Å². The van der Waals surface area contributed by atoms with Crippen LogP contribution >= 0.6 is 0 Å². The summed E-state index contributed by atoms with van der Waals surface area (Å²) in [5.41, 5.74) is 8.64. The minimum Gasteiger partial charge on any atom is -0.387 e. The van der Waals surface area contributed by atoms with E-state index in [2.05, 4.69) is 36.7 Å². The Morgan fingerprint density at radius 1 is 1.03 bits per heavy atom. The zero-order chi connectivity index (χ0) is 25.0. The molecule has 1 fully saturated rings. The number of nitrogens with zero attached hydrogens (tertiary/aromatic N) is 6. The van der Waals surface area contributed by atoms with Crippen LogP contribution in [0.3, 0.4) is 0 Å². The topological polar surface area (TPSA) is 83.5 Å². The van der Waals surface area contributed by atoms with Crippen LogP contribution < -0.4 is 10.6 Å². The Bertz CT molecular complexity index is 1180. The molecule has 4 rings (SSSR count). The molecule has 0 aromatic carbocycles. The van der Waals surface area contributed by atoms with E-state index in [1.54, 1.807) is 13.1 Å². The number of aryl methyl sites for hydroxylation is 1. The van der Waals surface area contributed by atoms with Gasteiger partial charge in [-0.05, 0) is 48.9 Å². The molecule has 3 aromatic rings. The summed E-state index contributed by atoms with van der Waals surface area (Å²) in [6.07, 6.45) is 0.399. The maximum absolute atomic E-state index is 13.0. The molecule has 0 unspecified atom stereocenters. The van der Waals surface area contributed by atoms with Crippen LogP contribution in [0.25, 0.3) is 11.3 Å². The Balaban J connectivity index is 1.42. The first kappa shape index (κ1) is 24.6. The number of anilines is 1. The Hall–Kier alpha value is -3.53. The number of hydrogen-bond acceptors (Lipinski definition) is 6. The monoisotopic (exact) mass is 483 g/mol. The minimum absolute atomic E-state index is 0.348. The fraction of sp³-hybridized carbons (Fsp3) is 0.360. The van der Waals surface area contributed by atoms with Crippen molar-refractivity contribution in [2.24, 2.45) is 10.7 Å². The van der Waals surface area contributed by atoms with Gasteiger partial charge in [-0.1, -0.05) is 13.0 Å². The number of hydrogen-bond donors (Lipinski definition) is 1. The molecule has 1 aliphatic heterocycles. The lowest BCUT2D eigenvalue weighted by atomic mass is 10.0. The molecule has 0 amide bonds. The molecule has 3 aromatic heterocycles. The van der Waals surface area contributed by atoms with E-state index in [-0.39, 0.29) is 0 Å². The van der Waals surface area contributed by atoms with Crippen molar-refractivity contribution in [1.82, 2.24) is 19.9 Å². The van der Waals surface area contributed by atoms with E-state index in [0.717, 1.165) is 61.8 Å². The number of piperazine rings is 1. The highest BCUT2D eigenvalue weighted by molar-refractivity contribution is 5.85. The fourth-order valence-electron chi connectivity index (χ4n) is 4.11. The summed E-state index contributed by atoms with van der Waals surface area (Å²) in [5, 5.41) is 0. The number of amidine groups is 1. The molecule has 0 radical (unpaired) electrons. The summed E-state index contributed by atoms with van der Waals surface area (Å²) in [6.45, 7) is 9.07. The number of aromatic nitrogens is 3. The van der Waals surface area contributed by atoms with Gasteiger partial charge in [0.15, 0.2) is 5.82 Å². The van der Waals surface area contributed by atoms with Crippen LogP contribution in [0.2, 0.25) is 0 Å². The Morgan fingerprint density at radius 2 is 1.80 bits per heavy atom. The highest BCUT2D eigenvalue weighted by Gasteiger charge is 2.32. The Morgan fingerprint density at radius 3 is 2.43 bits per heavy atom. The average Bonchev–Trinajstić information content (AvgIpc) is 2.84. The van der Waals surface area contributed by atoms with Gasteiger partial charge in [-0.3, -0.25) is 9.97 Å². The van der Waals surface area contributed by atoms with Gasteiger partial charge in [0.1, 0.15) is 11.5 Å². The van der Waals surface area contributed by atoms with Crippen LogP contribution in [-0.4, -0.2) is 58.4 Å². The van der Waals surface area contributed by atoms with E-state index in [9.17, 15) is 13.2 Å². The van der Waals surface area contributed by atoms with E-state index < -0.39 is 11.9 Å². The standard InChI is InChI=1S/C25H28F3N7/c1-3-34-8-10-35(11-9-34)20-4-5-23(31-16-20)33-22(29)13-18-12-17(2)24(32-15-18)19-6-7-30-21(14-19)25(26,27)28/h4-7,12,14-16H,3,8-11,13H2,1-2H3,(H2,29,31,33). The van der Waals surface area contributed by atoms with Crippen molar-refractivity contribution < 1.29 is 13.2 Å². The van der Waals surface area contributed by atoms with Gasteiger partial charge in [-0.25, -0.2) is 9.98 Å². The second-order valence-corrected chi connectivity index (χ2v) is 8.51. The third kappa shape index (κ3) is 6.13. The van der Waals surface area contributed by atoms with Gasteiger partial charge in [0.2, 0.25) is 0 Å². The first-order valence-corrected chi connectivity index (χ1v) is 11.5. The molecular formula is C25H28F3N7. The molecule has 2 N–H and O–H groups in total. The number of nitrogens with two attached hydrogens (primary N) is 1. The zero-order valence-corrected chi connectivity index (χ0v) is 19.8. The number of pyridine rings is 3. The molecule has 10 heteroatoms. The Kier molecular flexibility index (Phi) is 7.30. The summed E-state index contributed by atoms with van der Waals surface area (Å²) in [7, 11) is 0. The summed E-state index contributed by atoms with van der Waals surface area (Å²) in [4.78, 5) is 21.4. The van der Waals surface area contributed by atoms with E-state index >= 15 is 0 Å². The summed E-state index contributed by atoms with van der Waals surface area (Å²) < 4.78 is 39.0. The van der Waals surface area contributed by atoms with E-state index in [4.69, 9.17) is 5.73 Å². The zero-order valence-electron chi connectivity index (χ0n) is 19.8. The van der Waals surface area contributed by atoms with E-state index in [1.807, 2.05) is 24.4 Å². The molecule has 1 aliphatic rings. The molecule has 4 heterocycles. The van der Waals surface area contributed by atoms with Crippen molar-refractivity contribution >= 4 is 17.3 Å². The first-order valence-electron chi connectivity index (χ1n) is 11.5. The van der Waals surface area contributed by atoms with Gasteiger partial charge in [-0.2, -0.15) is 13.2 Å². The van der Waals surface area contributed by atoms with Gasteiger partial charge in [0.05, 0.1) is 17.6 Å². The molecule has 0 aliphatic carbocycles. The highest BCUT2D eigenvalue weighted by atomic mass is 19.4. The fourth-order valence-corrected chi connectivity index (χ4v) is 4.11. The smallest absolute Gasteiger partial charge is 0.387 e. The van der Waals surface area contributed by atoms with Crippen molar-refractivity contribution in [3.05, 3.63) is 65.7 Å². The maximum Gasteiger partial charge on any atom is 0.433 e. The van der Waals surface area contributed by atoms with Gasteiger partial charge in [0, 0.05) is 50.6 Å². The second kappa shape index (κ2) is 10.4. The molecule has 7 nitrogen and oxygen atoms in total. The molecular weight excluding hydrogens is 455 g/mol. The molecule has 0 spiro atoms. The van der Waals surface area contributed by atoms with Gasteiger partial charge in [0.25, 0.3) is 0 Å². The Labute approximate surface area is 202 Å². The molecule has 184 valence electrons. The van der Waals surface area contributed by atoms with E-state index in [1.165, 1.54) is 6.07 Å². The summed E-state index contributed by atoms with van der Waals surface area (Å²) in [5.74, 6) is 0.898. The molecule has 0 bridgehead atoms. The van der Waals surface area contributed by atoms with Crippen LogP contribution in [0.4, 0.5) is 24.7 Å². The van der Waals surface area contributed by atoms with Crippen LogP contribution in [-0.2, 0) is 12.6 Å². The van der Waals surface area contributed by atoms with Crippen molar-refractivity contribution in [2.45, 2.75) is 26.4 Å². The SMILES string of the molecule is CCN1CCN(c2ccc(N=C(N)Cc3cnc(-c4ccnc(C(F)(F)F)c4)c(C)c3)nc2)CC1. The molecule has 35 heavy (non-hydrogen) atoms. The number of halogens is 3. The van der Waals surface area contributed by atoms with Crippen LogP contribution in [0.15, 0.2) is 53.9 Å². The van der Waals surface area contributed by atoms with Crippen molar-refractivity contribution in [3.63, 3.8) is 0 Å². The van der Waals surface area contributed by atoms with Crippen LogP contribution in [0.5, 0.6) is 0 Å². The van der Waals surface area contributed by atoms with Crippen LogP contribution in [0, 0.1) is 6.92 Å². The third-order valence-electron chi connectivity index (χ3n) is 6.02. The number of likely N-dealkylation sites (N-methyl/N-ethyl adjacent to an activating group) is 1. The van der Waals surface area contributed by atoms with Crippen LogP contribution in [0.1, 0.15) is 23.7 Å². The predicted molar refractivity (Wildman–Crippen MR) is 131 cm³/mol. The normalized spacial score (nSPS) is 15.5. The van der Waals surface area contributed by atoms with E-state index in [0.29, 0.717) is 29.3 Å². The number of aliphatic imine (C=N–C) groups is 1. The highest BCUT2D eigenvalue weighted by Crippen LogP contribution is 2.31. The number of alkyl halides is 3. The largest absolute Gasteiger partial charge is 0.433 e.